The molecule has 1 saturated heterocycles. The predicted molar refractivity (Wildman–Crippen MR) is 90.4 cm³/mol. The zero-order chi connectivity index (χ0) is 14.6. The molecule has 1 heterocycles. The maximum Gasteiger partial charge on any atom is 0.222 e. The van der Waals surface area contributed by atoms with E-state index >= 15 is 0 Å². The molecule has 0 aromatic heterocycles. The third-order valence-corrected chi connectivity index (χ3v) is 4.84. The Balaban J connectivity index is 2.13. The Morgan fingerprint density at radius 1 is 1.10 bits per heavy atom. The first-order chi connectivity index (χ1) is 9.79. The van der Waals surface area contributed by atoms with Gasteiger partial charge in [0, 0.05) is 24.3 Å². The first kappa shape index (κ1) is 18.0. The number of rotatable bonds is 10. The van der Waals surface area contributed by atoms with Crippen LogP contribution in [-0.2, 0) is 4.79 Å². The molecule has 1 fully saturated rings. The van der Waals surface area contributed by atoms with Gasteiger partial charge >= 0.3 is 0 Å². The zero-order valence-corrected chi connectivity index (χ0v) is 14.8. The van der Waals surface area contributed by atoms with Crippen molar-refractivity contribution in [2.24, 2.45) is 0 Å². The lowest BCUT2D eigenvalue weighted by Crippen LogP contribution is -2.43. The number of piperidine rings is 1. The fourth-order valence-corrected chi connectivity index (χ4v) is 3.66. The number of likely N-dealkylation sites (tertiary alicyclic amines) is 1. The summed E-state index contributed by atoms with van der Waals surface area (Å²) < 4.78 is 0. The van der Waals surface area contributed by atoms with Crippen LogP contribution < -0.4 is 0 Å². The van der Waals surface area contributed by atoms with Crippen LogP contribution in [0.5, 0.6) is 0 Å². The van der Waals surface area contributed by atoms with E-state index in [4.69, 9.17) is 0 Å². The lowest BCUT2D eigenvalue weighted by Gasteiger charge is -2.35. The molecule has 3 heteroatoms. The van der Waals surface area contributed by atoms with Crippen molar-refractivity contribution in [1.29, 1.82) is 0 Å². The second kappa shape index (κ2) is 11.6. The topological polar surface area (TPSA) is 20.3 Å². The highest BCUT2D eigenvalue weighted by Crippen LogP contribution is 2.22. The Bertz CT molecular complexity index is 255. The van der Waals surface area contributed by atoms with Crippen LogP contribution in [0.25, 0.3) is 0 Å². The molecule has 2 nitrogen and oxygen atoms in total. The SMILES string of the molecule is CCCCCCCCCC(=O)N1CCCCC1CCBr. The van der Waals surface area contributed by atoms with Crippen LogP contribution in [0, 0.1) is 0 Å². The average Bonchev–Trinajstić information content (AvgIpc) is 2.47. The maximum absolute atomic E-state index is 12.3. The lowest BCUT2D eigenvalue weighted by atomic mass is 9.99. The van der Waals surface area contributed by atoms with Crippen LogP contribution in [0.1, 0.15) is 84.0 Å². The largest absolute Gasteiger partial charge is 0.340 e. The number of carbonyl (C=O) groups excluding carboxylic acids is 1. The molecule has 0 aliphatic carbocycles. The number of unbranched alkanes of at least 4 members (excludes halogenated alkanes) is 6. The summed E-state index contributed by atoms with van der Waals surface area (Å²) in [6.07, 6.45) is 14.6. The first-order valence-corrected chi connectivity index (χ1v) is 9.77. The molecule has 20 heavy (non-hydrogen) atoms. The molecule has 1 aliphatic rings. The van der Waals surface area contributed by atoms with Gasteiger partial charge in [-0.1, -0.05) is 61.4 Å². The number of hydrogen-bond donors (Lipinski definition) is 0. The highest BCUT2D eigenvalue weighted by Gasteiger charge is 2.25. The van der Waals surface area contributed by atoms with Crippen molar-refractivity contribution in [2.45, 2.75) is 90.0 Å². The molecule has 0 aromatic carbocycles. The minimum absolute atomic E-state index is 0.407. The molecule has 0 saturated carbocycles. The highest BCUT2D eigenvalue weighted by molar-refractivity contribution is 9.09. The normalized spacial score (nSPS) is 19.3. The van der Waals surface area contributed by atoms with Gasteiger partial charge in [-0.15, -0.1) is 0 Å². The smallest absolute Gasteiger partial charge is 0.222 e. The molecular formula is C17H32BrNO. The predicted octanol–water partition coefficient (Wildman–Crippen LogP) is 5.29. The van der Waals surface area contributed by atoms with E-state index in [9.17, 15) is 4.79 Å². The molecule has 0 aromatic rings. The number of hydrogen-bond acceptors (Lipinski definition) is 1. The van der Waals surface area contributed by atoms with Crippen molar-refractivity contribution in [2.75, 3.05) is 11.9 Å². The van der Waals surface area contributed by atoms with E-state index in [2.05, 4.69) is 27.8 Å². The molecular weight excluding hydrogens is 314 g/mol. The molecule has 1 aliphatic heterocycles. The monoisotopic (exact) mass is 345 g/mol. The second-order valence-corrected chi connectivity index (χ2v) is 6.88. The standard InChI is InChI=1S/C17H32BrNO/c1-2-3-4-5-6-7-8-12-17(20)19-15-10-9-11-16(19)13-14-18/h16H,2-15H2,1H3. The van der Waals surface area contributed by atoms with E-state index in [0.29, 0.717) is 11.9 Å². The Morgan fingerprint density at radius 3 is 2.50 bits per heavy atom. The number of amides is 1. The fourth-order valence-electron chi connectivity index (χ4n) is 3.13. The zero-order valence-electron chi connectivity index (χ0n) is 13.2. The van der Waals surface area contributed by atoms with Gasteiger partial charge in [0.1, 0.15) is 0 Å². The average molecular weight is 346 g/mol. The Labute approximate surface area is 133 Å². The molecule has 1 rings (SSSR count). The van der Waals surface area contributed by atoms with Crippen molar-refractivity contribution >= 4 is 21.8 Å². The summed E-state index contributed by atoms with van der Waals surface area (Å²) in [4.78, 5) is 14.5. The second-order valence-electron chi connectivity index (χ2n) is 6.09. The van der Waals surface area contributed by atoms with Crippen molar-refractivity contribution in [1.82, 2.24) is 4.90 Å². The van der Waals surface area contributed by atoms with Crippen LogP contribution >= 0.6 is 15.9 Å². The van der Waals surface area contributed by atoms with Crippen molar-refractivity contribution in [3.63, 3.8) is 0 Å². The van der Waals surface area contributed by atoms with Gasteiger partial charge in [-0.2, -0.15) is 0 Å². The fraction of sp³-hybridized carbons (Fsp3) is 0.941. The minimum atomic E-state index is 0.407. The van der Waals surface area contributed by atoms with E-state index in [-0.39, 0.29) is 0 Å². The van der Waals surface area contributed by atoms with Gasteiger partial charge in [-0.3, -0.25) is 4.79 Å². The number of halogens is 1. The quantitative estimate of drug-likeness (QED) is 0.389. The van der Waals surface area contributed by atoms with Crippen LogP contribution in [0.3, 0.4) is 0 Å². The highest BCUT2D eigenvalue weighted by atomic mass is 79.9. The molecule has 118 valence electrons. The molecule has 1 unspecified atom stereocenters. The molecule has 1 amide bonds. The summed E-state index contributed by atoms with van der Waals surface area (Å²) in [7, 11) is 0. The van der Waals surface area contributed by atoms with Crippen LogP contribution in [0.15, 0.2) is 0 Å². The van der Waals surface area contributed by atoms with Gasteiger partial charge in [0.05, 0.1) is 0 Å². The van der Waals surface area contributed by atoms with Crippen LogP contribution in [-0.4, -0.2) is 28.7 Å². The summed E-state index contributed by atoms with van der Waals surface area (Å²) in [5, 5.41) is 1.01. The summed E-state index contributed by atoms with van der Waals surface area (Å²) in [6, 6.07) is 0.500. The summed E-state index contributed by atoms with van der Waals surface area (Å²) in [5.41, 5.74) is 0. The summed E-state index contributed by atoms with van der Waals surface area (Å²) >= 11 is 3.52. The number of alkyl halides is 1. The first-order valence-electron chi connectivity index (χ1n) is 8.65. The Morgan fingerprint density at radius 2 is 1.80 bits per heavy atom. The summed E-state index contributed by atoms with van der Waals surface area (Å²) in [5.74, 6) is 0.407. The van der Waals surface area contributed by atoms with Crippen molar-refractivity contribution < 1.29 is 4.79 Å². The molecule has 0 radical (unpaired) electrons. The Hall–Kier alpha value is -0.0500. The van der Waals surface area contributed by atoms with E-state index in [1.54, 1.807) is 0 Å². The Kier molecular flexibility index (Phi) is 10.4. The van der Waals surface area contributed by atoms with Gasteiger partial charge < -0.3 is 4.90 Å². The van der Waals surface area contributed by atoms with Gasteiger partial charge in [-0.25, -0.2) is 0 Å². The third-order valence-electron chi connectivity index (χ3n) is 4.38. The van der Waals surface area contributed by atoms with Crippen molar-refractivity contribution in [3.05, 3.63) is 0 Å². The van der Waals surface area contributed by atoms with Crippen LogP contribution in [0.4, 0.5) is 0 Å². The van der Waals surface area contributed by atoms with Gasteiger partial charge in [-0.05, 0) is 32.1 Å². The molecule has 1 atom stereocenters. The summed E-state index contributed by atoms with van der Waals surface area (Å²) in [6.45, 7) is 3.24. The molecule has 0 bridgehead atoms. The van der Waals surface area contributed by atoms with Gasteiger partial charge in [0.15, 0.2) is 0 Å². The van der Waals surface area contributed by atoms with Gasteiger partial charge in [0.25, 0.3) is 0 Å². The maximum atomic E-state index is 12.3. The van der Waals surface area contributed by atoms with Crippen LogP contribution in [0.2, 0.25) is 0 Å². The lowest BCUT2D eigenvalue weighted by molar-refractivity contribution is -0.135. The van der Waals surface area contributed by atoms with E-state index in [1.807, 2.05) is 0 Å². The van der Waals surface area contributed by atoms with E-state index < -0.39 is 0 Å². The van der Waals surface area contributed by atoms with E-state index in [0.717, 1.165) is 31.1 Å². The molecule has 0 spiro atoms. The number of nitrogens with zero attached hydrogens (tertiary/aromatic N) is 1. The molecule has 0 N–H and O–H groups in total. The van der Waals surface area contributed by atoms with Gasteiger partial charge in [0.2, 0.25) is 5.91 Å². The van der Waals surface area contributed by atoms with E-state index in [1.165, 1.54) is 57.8 Å². The third kappa shape index (κ3) is 7.10. The minimum Gasteiger partial charge on any atom is -0.340 e. The van der Waals surface area contributed by atoms with Crippen molar-refractivity contribution in [3.8, 4) is 0 Å². The number of carbonyl (C=O) groups is 1.